The van der Waals surface area contributed by atoms with Crippen molar-refractivity contribution in [1.82, 2.24) is 4.90 Å². The summed E-state index contributed by atoms with van der Waals surface area (Å²) in [5, 5.41) is 8.20. The molecule has 0 saturated heterocycles. The summed E-state index contributed by atoms with van der Waals surface area (Å²) in [5.41, 5.74) is 0. The highest BCUT2D eigenvalue weighted by Gasteiger charge is 2.29. The zero-order valence-corrected chi connectivity index (χ0v) is 6.15. The fourth-order valence-electron chi connectivity index (χ4n) is 0.651. The second-order valence-corrected chi connectivity index (χ2v) is 2.14. The molecule has 0 aromatic heterocycles. The van der Waals surface area contributed by atoms with Crippen LogP contribution < -0.4 is 0 Å². The van der Waals surface area contributed by atoms with Gasteiger partial charge in [-0.1, -0.05) is 6.92 Å². The highest BCUT2D eigenvalue weighted by molar-refractivity contribution is 4.75. The average molecular weight is 166 g/mol. The Labute approximate surface area is 63.2 Å². The molecule has 0 fully saturated rings. The number of rotatable bonds is 3. The van der Waals surface area contributed by atoms with Crippen LogP contribution in [0.4, 0.5) is 13.2 Å². The molecule has 0 N–H and O–H groups in total. The fourth-order valence-corrected chi connectivity index (χ4v) is 0.651. The standard InChI is InChI=1S/C6H9F3N2/c1-2-3-11(5-10)4-6(7,8)9/h2-4H2,1H3. The Hall–Kier alpha value is -0.920. The van der Waals surface area contributed by atoms with Crippen LogP contribution >= 0.6 is 0 Å². The van der Waals surface area contributed by atoms with E-state index < -0.39 is 12.7 Å². The van der Waals surface area contributed by atoms with E-state index in [1.807, 2.05) is 0 Å². The van der Waals surface area contributed by atoms with Crippen molar-refractivity contribution in [2.24, 2.45) is 0 Å². The van der Waals surface area contributed by atoms with E-state index in [2.05, 4.69) is 0 Å². The van der Waals surface area contributed by atoms with Crippen molar-refractivity contribution in [3.63, 3.8) is 0 Å². The molecule has 0 aromatic carbocycles. The molecule has 0 aliphatic heterocycles. The summed E-state index contributed by atoms with van der Waals surface area (Å²) in [6, 6.07) is 0. The topological polar surface area (TPSA) is 27.0 Å². The van der Waals surface area contributed by atoms with Crippen molar-refractivity contribution in [1.29, 1.82) is 5.26 Å². The summed E-state index contributed by atoms with van der Waals surface area (Å²) in [5.74, 6) is 0. The lowest BCUT2D eigenvalue weighted by atomic mass is 10.4. The van der Waals surface area contributed by atoms with Gasteiger partial charge in [0.25, 0.3) is 0 Å². The van der Waals surface area contributed by atoms with Crippen LogP contribution in [0.2, 0.25) is 0 Å². The van der Waals surface area contributed by atoms with Crippen LogP contribution in [0, 0.1) is 11.5 Å². The number of hydrogen-bond acceptors (Lipinski definition) is 2. The normalized spacial score (nSPS) is 10.8. The van der Waals surface area contributed by atoms with Gasteiger partial charge < -0.3 is 4.90 Å². The van der Waals surface area contributed by atoms with Crippen LogP contribution in [-0.2, 0) is 0 Å². The molecule has 0 unspecified atom stereocenters. The van der Waals surface area contributed by atoms with Gasteiger partial charge in [-0.2, -0.15) is 18.4 Å². The summed E-state index contributed by atoms with van der Waals surface area (Å²) in [4.78, 5) is 0.694. The molecule has 0 aromatic rings. The number of alkyl halides is 3. The summed E-state index contributed by atoms with van der Waals surface area (Å²) in [6.45, 7) is 0.744. The van der Waals surface area contributed by atoms with Gasteiger partial charge in [-0.3, -0.25) is 0 Å². The highest BCUT2D eigenvalue weighted by Crippen LogP contribution is 2.15. The van der Waals surface area contributed by atoms with Gasteiger partial charge in [-0.15, -0.1) is 0 Å². The molecular formula is C6H9F3N2. The SMILES string of the molecule is CCCN(C#N)CC(F)(F)F. The number of nitriles is 1. The lowest BCUT2D eigenvalue weighted by molar-refractivity contribution is -0.139. The molecule has 0 spiro atoms. The zero-order chi connectivity index (χ0) is 8.91. The third-order valence-corrected chi connectivity index (χ3v) is 1.01. The Balaban J connectivity index is 3.81. The summed E-state index contributed by atoms with van der Waals surface area (Å²) < 4.78 is 34.9. The second kappa shape index (κ2) is 4.06. The zero-order valence-electron chi connectivity index (χ0n) is 6.15. The van der Waals surface area contributed by atoms with Gasteiger partial charge >= 0.3 is 6.18 Å². The Morgan fingerprint density at radius 2 is 2.00 bits per heavy atom. The van der Waals surface area contributed by atoms with E-state index >= 15 is 0 Å². The highest BCUT2D eigenvalue weighted by atomic mass is 19.4. The first-order valence-corrected chi connectivity index (χ1v) is 3.21. The maximum absolute atomic E-state index is 11.6. The van der Waals surface area contributed by atoms with E-state index in [0.29, 0.717) is 11.3 Å². The predicted octanol–water partition coefficient (Wildman–Crippen LogP) is 1.74. The first kappa shape index (κ1) is 10.1. The van der Waals surface area contributed by atoms with Gasteiger partial charge in [0.1, 0.15) is 6.54 Å². The first-order valence-electron chi connectivity index (χ1n) is 3.21. The van der Waals surface area contributed by atoms with Gasteiger partial charge in [0.2, 0.25) is 0 Å². The van der Waals surface area contributed by atoms with E-state index in [-0.39, 0.29) is 6.54 Å². The molecule has 2 nitrogen and oxygen atoms in total. The van der Waals surface area contributed by atoms with Crippen molar-refractivity contribution in [2.75, 3.05) is 13.1 Å². The van der Waals surface area contributed by atoms with Gasteiger partial charge in [0.05, 0.1) is 0 Å². The van der Waals surface area contributed by atoms with E-state index in [1.54, 1.807) is 6.92 Å². The third-order valence-electron chi connectivity index (χ3n) is 1.01. The molecule has 11 heavy (non-hydrogen) atoms. The molecule has 0 radical (unpaired) electrons. The fraction of sp³-hybridized carbons (Fsp3) is 0.833. The van der Waals surface area contributed by atoms with Gasteiger partial charge in [-0.05, 0) is 6.42 Å². The number of hydrogen-bond donors (Lipinski definition) is 0. The van der Waals surface area contributed by atoms with Crippen LogP contribution in [0.25, 0.3) is 0 Å². The number of halogens is 3. The Morgan fingerprint density at radius 3 is 2.27 bits per heavy atom. The van der Waals surface area contributed by atoms with Crippen LogP contribution in [0.5, 0.6) is 0 Å². The van der Waals surface area contributed by atoms with E-state index in [4.69, 9.17) is 5.26 Å². The maximum Gasteiger partial charge on any atom is 0.406 e. The van der Waals surface area contributed by atoms with Crippen molar-refractivity contribution in [3.8, 4) is 6.19 Å². The summed E-state index contributed by atoms with van der Waals surface area (Å²) in [7, 11) is 0. The minimum absolute atomic E-state index is 0.163. The van der Waals surface area contributed by atoms with Crippen LogP contribution in [-0.4, -0.2) is 24.2 Å². The molecule has 64 valence electrons. The van der Waals surface area contributed by atoms with Crippen molar-refractivity contribution >= 4 is 0 Å². The monoisotopic (exact) mass is 166 g/mol. The van der Waals surface area contributed by atoms with Crippen LogP contribution in [0.3, 0.4) is 0 Å². The van der Waals surface area contributed by atoms with Gasteiger partial charge in [-0.25, -0.2) is 0 Å². The van der Waals surface area contributed by atoms with Crippen molar-refractivity contribution in [2.45, 2.75) is 19.5 Å². The quantitative estimate of drug-likeness (QED) is 0.471. The molecule has 0 heterocycles. The molecule has 0 atom stereocenters. The van der Waals surface area contributed by atoms with Gasteiger partial charge in [0.15, 0.2) is 6.19 Å². The summed E-state index contributed by atoms with van der Waals surface area (Å²) in [6.07, 6.45) is -2.25. The van der Waals surface area contributed by atoms with Crippen molar-refractivity contribution in [3.05, 3.63) is 0 Å². The number of nitrogens with zero attached hydrogens (tertiary/aromatic N) is 2. The molecule has 0 rings (SSSR count). The Kier molecular flexibility index (Phi) is 3.72. The lowest BCUT2D eigenvalue weighted by Gasteiger charge is -2.15. The van der Waals surface area contributed by atoms with Crippen LogP contribution in [0.15, 0.2) is 0 Å². The molecular weight excluding hydrogens is 157 g/mol. The molecule has 5 heteroatoms. The smallest absolute Gasteiger partial charge is 0.302 e. The second-order valence-electron chi connectivity index (χ2n) is 2.14. The first-order chi connectivity index (χ1) is 4.99. The van der Waals surface area contributed by atoms with E-state index in [1.165, 1.54) is 6.19 Å². The largest absolute Gasteiger partial charge is 0.406 e. The Bertz CT molecular complexity index is 147. The van der Waals surface area contributed by atoms with Gasteiger partial charge in [0, 0.05) is 6.54 Å². The minimum atomic E-state index is -4.27. The maximum atomic E-state index is 11.6. The third kappa shape index (κ3) is 5.52. The van der Waals surface area contributed by atoms with Crippen LogP contribution in [0.1, 0.15) is 13.3 Å². The molecule has 0 saturated carbocycles. The van der Waals surface area contributed by atoms with E-state index in [9.17, 15) is 13.2 Å². The van der Waals surface area contributed by atoms with E-state index in [0.717, 1.165) is 0 Å². The average Bonchev–Trinajstić information content (AvgIpc) is 1.84. The van der Waals surface area contributed by atoms with Crippen molar-refractivity contribution < 1.29 is 13.2 Å². The minimum Gasteiger partial charge on any atom is -0.302 e. The summed E-state index contributed by atoms with van der Waals surface area (Å²) >= 11 is 0. The molecule has 0 aliphatic carbocycles. The molecule has 0 aliphatic rings. The molecule has 0 bridgehead atoms. The predicted molar refractivity (Wildman–Crippen MR) is 33.5 cm³/mol. The molecule has 0 amide bonds. The Morgan fingerprint density at radius 1 is 1.45 bits per heavy atom. The lowest BCUT2D eigenvalue weighted by Crippen LogP contribution is -2.31.